The third-order valence-electron chi connectivity index (χ3n) is 12.4. The molecule has 0 atom stereocenters. The van der Waals surface area contributed by atoms with E-state index in [4.69, 9.17) is 0 Å². The van der Waals surface area contributed by atoms with Gasteiger partial charge in [-0.1, -0.05) is 117 Å². The first-order valence-corrected chi connectivity index (χ1v) is 18.9. The number of benzene rings is 5. The molecule has 2 aliphatic carbocycles. The number of hydrogen-bond acceptors (Lipinski definition) is 4. The molecule has 0 spiro atoms. The van der Waals surface area contributed by atoms with E-state index in [9.17, 15) is 20.4 Å². The van der Waals surface area contributed by atoms with Crippen LogP contribution in [0.1, 0.15) is 131 Å². The maximum Gasteiger partial charge on any atom is 0.122 e. The van der Waals surface area contributed by atoms with Crippen LogP contribution in [0.25, 0.3) is 0 Å². The molecule has 4 nitrogen and oxygen atoms in total. The van der Waals surface area contributed by atoms with E-state index in [1.807, 2.05) is 58.0 Å². The fraction of sp³-hybridized carbons (Fsp3) is 0.362. The second kappa shape index (κ2) is 13.8. The first-order valence-electron chi connectivity index (χ1n) is 18.9. The Hall–Kier alpha value is -4.70. The van der Waals surface area contributed by atoms with Crippen molar-refractivity contribution in [2.75, 3.05) is 0 Å². The standard InChI is InChI=1S/C47H52O4/c1-30-24-35(16-18-41(30)48)46(20-10-6-11-21-46)37-26-32(3)44(50)39(28-37)43(34-14-8-5-9-15-34)40-29-38(27-33(4)45(40)51)47(22-12-7-13-23-47)36-17-19-42(49)31(2)25-36/h5,8-9,14-19,24-29,43,48-51H,6-7,10-13,20-23H2,1-4H3. The van der Waals surface area contributed by atoms with Crippen LogP contribution in [0.5, 0.6) is 23.0 Å². The summed E-state index contributed by atoms with van der Waals surface area (Å²) >= 11 is 0. The van der Waals surface area contributed by atoms with Crippen LogP contribution >= 0.6 is 0 Å². The molecule has 0 unspecified atom stereocenters. The van der Waals surface area contributed by atoms with Gasteiger partial charge in [-0.05, 0) is 116 Å². The maximum absolute atomic E-state index is 12.1. The van der Waals surface area contributed by atoms with Gasteiger partial charge in [0, 0.05) is 27.9 Å². The summed E-state index contributed by atoms with van der Waals surface area (Å²) in [6.07, 6.45) is 10.8. The Labute approximate surface area is 303 Å². The largest absolute Gasteiger partial charge is 0.508 e. The summed E-state index contributed by atoms with van der Waals surface area (Å²) in [5, 5.41) is 45.1. The van der Waals surface area contributed by atoms with Crippen molar-refractivity contribution in [3.63, 3.8) is 0 Å². The van der Waals surface area contributed by atoms with Crippen molar-refractivity contribution >= 4 is 0 Å². The molecule has 0 bridgehead atoms. The third kappa shape index (κ3) is 6.17. The van der Waals surface area contributed by atoms with Gasteiger partial charge in [-0.25, -0.2) is 0 Å². The van der Waals surface area contributed by atoms with E-state index in [0.29, 0.717) is 11.5 Å². The van der Waals surface area contributed by atoms with E-state index in [1.165, 1.54) is 35.1 Å². The fourth-order valence-electron chi connectivity index (χ4n) is 9.48. The molecule has 0 heterocycles. The molecule has 4 heteroatoms. The Bertz CT molecular complexity index is 1920. The number of phenolic OH excluding ortho intramolecular Hbond substituents is 4. The van der Waals surface area contributed by atoms with Gasteiger partial charge < -0.3 is 20.4 Å². The van der Waals surface area contributed by atoms with Crippen molar-refractivity contribution in [3.8, 4) is 23.0 Å². The molecule has 0 amide bonds. The lowest BCUT2D eigenvalue weighted by molar-refractivity contribution is 0.344. The minimum atomic E-state index is -0.423. The summed E-state index contributed by atoms with van der Waals surface area (Å²) in [5.41, 5.74) is 10.2. The minimum absolute atomic E-state index is 0.254. The van der Waals surface area contributed by atoms with E-state index in [2.05, 4.69) is 60.7 Å². The van der Waals surface area contributed by atoms with Crippen molar-refractivity contribution in [1.29, 1.82) is 0 Å². The molecule has 0 radical (unpaired) electrons. The molecule has 51 heavy (non-hydrogen) atoms. The van der Waals surface area contributed by atoms with Gasteiger partial charge in [-0.15, -0.1) is 0 Å². The van der Waals surface area contributed by atoms with Crippen LogP contribution in [0.3, 0.4) is 0 Å². The predicted octanol–water partition coefficient (Wildman–Crippen LogP) is 11.4. The van der Waals surface area contributed by atoms with Gasteiger partial charge in [0.2, 0.25) is 0 Å². The third-order valence-corrected chi connectivity index (χ3v) is 12.4. The smallest absolute Gasteiger partial charge is 0.122 e. The van der Waals surface area contributed by atoms with Crippen LogP contribution in [0.4, 0.5) is 0 Å². The lowest BCUT2D eigenvalue weighted by atomic mass is 9.63. The van der Waals surface area contributed by atoms with Crippen LogP contribution < -0.4 is 0 Å². The summed E-state index contributed by atoms with van der Waals surface area (Å²) in [7, 11) is 0. The zero-order valence-corrected chi connectivity index (χ0v) is 30.6. The molecule has 0 aromatic heterocycles. The molecule has 5 aromatic rings. The van der Waals surface area contributed by atoms with E-state index in [-0.39, 0.29) is 22.3 Å². The molecule has 2 saturated carbocycles. The highest BCUT2D eigenvalue weighted by Crippen LogP contribution is 2.52. The number of aryl methyl sites for hydroxylation is 4. The second-order valence-corrected chi connectivity index (χ2v) is 15.6. The fourth-order valence-corrected chi connectivity index (χ4v) is 9.48. The molecule has 7 rings (SSSR count). The number of hydrogen-bond donors (Lipinski definition) is 4. The van der Waals surface area contributed by atoms with E-state index >= 15 is 0 Å². The molecule has 5 aromatic carbocycles. The van der Waals surface area contributed by atoms with Crippen molar-refractivity contribution in [1.82, 2.24) is 0 Å². The van der Waals surface area contributed by atoms with Gasteiger partial charge in [-0.2, -0.15) is 0 Å². The lowest BCUT2D eigenvalue weighted by Gasteiger charge is -2.40. The van der Waals surface area contributed by atoms with Gasteiger partial charge in [0.15, 0.2) is 0 Å². The van der Waals surface area contributed by atoms with E-state index < -0.39 is 5.92 Å². The van der Waals surface area contributed by atoms with Crippen molar-refractivity contribution in [2.45, 2.75) is 109 Å². The Balaban J connectivity index is 1.47. The zero-order valence-electron chi connectivity index (χ0n) is 30.6. The average Bonchev–Trinajstić information content (AvgIpc) is 3.15. The Morgan fingerprint density at radius 3 is 1.22 bits per heavy atom. The number of phenols is 4. The summed E-state index contributed by atoms with van der Waals surface area (Å²) in [5.74, 6) is 0.697. The highest BCUT2D eigenvalue weighted by Gasteiger charge is 2.40. The van der Waals surface area contributed by atoms with Crippen LogP contribution in [0, 0.1) is 27.7 Å². The van der Waals surface area contributed by atoms with Gasteiger partial charge in [0.25, 0.3) is 0 Å². The molecule has 2 aliphatic rings. The molecular weight excluding hydrogens is 629 g/mol. The summed E-state index contributed by atoms with van der Waals surface area (Å²) < 4.78 is 0. The first-order chi connectivity index (χ1) is 24.5. The highest BCUT2D eigenvalue weighted by molar-refractivity contribution is 5.61. The SMILES string of the molecule is Cc1cc(C2(c3cc(C)c(O)c(C(c4ccccc4)c4cc(C5(c6ccc(O)c(C)c6)CCCCC5)cc(C)c4O)c3)CCCCC2)ccc1O. The molecule has 0 aliphatic heterocycles. The summed E-state index contributed by atoms with van der Waals surface area (Å²) in [4.78, 5) is 0. The van der Waals surface area contributed by atoms with Crippen LogP contribution in [0.15, 0.2) is 91.0 Å². The molecule has 0 saturated heterocycles. The number of rotatable bonds is 7. The highest BCUT2D eigenvalue weighted by atomic mass is 16.3. The Kier molecular flexibility index (Phi) is 9.39. The van der Waals surface area contributed by atoms with E-state index in [0.717, 1.165) is 90.3 Å². The molecule has 264 valence electrons. The quantitative estimate of drug-likeness (QED) is 0.129. The lowest BCUT2D eigenvalue weighted by Crippen LogP contribution is -2.31. The van der Waals surface area contributed by atoms with Gasteiger partial charge in [-0.3, -0.25) is 0 Å². The van der Waals surface area contributed by atoms with Gasteiger partial charge >= 0.3 is 0 Å². The topological polar surface area (TPSA) is 80.9 Å². The normalized spacial score (nSPS) is 17.0. The molecule has 2 fully saturated rings. The van der Waals surface area contributed by atoms with Crippen molar-refractivity contribution in [2.24, 2.45) is 0 Å². The summed E-state index contributed by atoms with van der Waals surface area (Å²) in [6, 6.07) is 31.2. The van der Waals surface area contributed by atoms with Crippen molar-refractivity contribution in [3.05, 3.63) is 152 Å². The number of aromatic hydroxyl groups is 4. The van der Waals surface area contributed by atoms with Gasteiger partial charge in [0.05, 0.1) is 0 Å². The van der Waals surface area contributed by atoms with Crippen LogP contribution in [-0.4, -0.2) is 20.4 Å². The first kappa shape index (κ1) is 34.7. The average molecular weight is 681 g/mol. The maximum atomic E-state index is 12.1. The molecule has 4 N–H and O–H groups in total. The van der Waals surface area contributed by atoms with Gasteiger partial charge in [0.1, 0.15) is 23.0 Å². The second-order valence-electron chi connectivity index (χ2n) is 15.6. The van der Waals surface area contributed by atoms with Crippen LogP contribution in [-0.2, 0) is 10.8 Å². The Morgan fingerprint density at radius 2 is 0.824 bits per heavy atom. The van der Waals surface area contributed by atoms with E-state index in [1.54, 1.807) is 0 Å². The zero-order chi connectivity index (χ0) is 35.9. The minimum Gasteiger partial charge on any atom is -0.508 e. The monoisotopic (exact) mass is 680 g/mol. The predicted molar refractivity (Wildman–Crippen MR) is 206 cm³/mol. The van der Waals surface area contributed by atoms with Crippen molar-refractivity contribution < 1.29 is 20.4 Å². The van der Waals surface area contributed by atoms with Crippen LogP contribution in [0.2, 0.25) is 0 Å². The summed E-state index contributed by atoms with van der Waals surface area (Å²) in [6.45, 7) is 7.92. The molecular formula is C47H52O4. The Morgan fingerprint density at radius 1 is 0.431 bits per heavy atom.